The SMILES string of the molecule is CN(C)C(=O)c1cc(N)ccc1C(C)(C)C=O. The Morgan fingerprint density at radius 2 is 1.94 bits per heavy atom. The van der Waals surface area contributed by atoms with Crippen LogP contribution >= 0.6 is 0 Å². The van der Waals surface area contributed by atoms with E-state index in [1.54, 1.807) is 46.1 Å². The number of nitrogen functional groups attached to an aromatic ring is 1. The van der Waals surface area contributed by atoms with E-state index in [0.29, 0.717) is 16.8 Å². The molecule has 0 saturated heterocycles. The second-order valence-electron chi connectivity index (χ2n) is 4.84. The van der Waals surface area contributed by atoms with E-state index >= 15 is 0 Å². The zero-order valence-corrected chi connectivity index (χ0v) is 10.7. The molecule has 0 aliphatic carbocycles. The third kappa shape index (κ3) is 2.64. The molecule has 4 nitrogen and oxygen atoms in total. The highest BCUT2D eigenvalue weighted by molar-refractivity contribution is 5.97. The van der Waals surface area contributed by atoms with E-state index in [9.17, 15) is 9.59 Å². The van der Waals surface area contributed by atoms with Gasteiger partial charge in [-0.2, -0.15) is 0 Å². The number of aldehydes is 1. The number of amides is 1. The number of hydrogen-bond donors (Lipinski definition) is 1. The summed E-state index contributed by atoms with van der Waals surface area (Å²) in [5.74, 6) is -0.151. The Kier molecular flexibility index (Phi) is 3.56. The van der Waals surface area contributed by atoms with Crippen LogP contribution in [0.15, 0.2) is 18.2 Å². The summed E-state index contributed by atoms with van der Waals surface area (Å²) in [5.41, 5.74) is 6.68. The molecule has 92 valence electrons. The fourth-order valence-corrected chi connectivity index (χ4v) is 1.61. The third-order valence-corrected chi connectivity index (χ3v) is 2.67. The highest BCUT2D eigenvalue weighted by atomic mass is 16.2. The number of benzene rings is 1. The Bertz CT molecular complexity index is 451. The maximum atomic E-state index is 12.0. The van der Waals surface area contributed by atoms with Gasteiger partial charge in [-0.05, 0) is 31.5 Å². The maximum Gasteiger partial charge on any atom is 0.253 e. The van der Waals surface area contributed by atoms with Gasteiger partial charge in [-0.15, -0.1) is 0 Å². The monoisotopic (exact) mass is 234 g/mol. The van der Waals surface area contributed by atoms with Crippen molar-refractivity contribution in [2.24, 2.45) is 0 Å². The average Bonchev–Trinajstić information content (AvgIpc) is 2.27. The number of anilines is 1. The number of hydrogen-bond acceptors (Lipinski definition) is 3. The summed E-state index contributed by atoms with van der Waals surface area (Å²) in [6, 6.07) is 5.05. The summed E-state index contributed by atoms with van der Waals surface area (Å²) < 4.78 is 0. The van der Waals surface area contributed by atoms with Gasteiger partial charge in [0.1, 0.15) is 6.29 Å². The molecule has 0 aliphatic rings. The van der Waals surface area contributed by atoms with E-state index < -0.39 is 5.41 Å². The van der Waals surface area contributed by atoms with E-state index in [1.165, 1.54) is 4.90 Å². The van der Waals surface area contributed by atoms with Gasteiger partial charge in [0.25, 0.3) is 5.91 Å². The van der Waals surface area contributed by atoms with Crippen LogP contribution in [0.2, 0.25) is 0 Å². The molecule has 2 N–H and O–H groups in total. The second kappa shape index (κ2) is 4.57. The van der Waals surface area contributed by atoms with Crippen molar-refractivity contribution in [3.05, 3.63) is 29.3 Å². The molecule has 0 spiro atoms. The first-order chi connectivity index (χ1) is 7.79. The van der Waals surface area contributed by atoms with Crippen molar-refractivity contribution in [3.63, 3.8) is 0 Å². The zero-order chi connectivity index (χ0) is 13.2. The van der Waals surface area contributed by atoms with Crippen LogP contribution in [0.25, 0.3) is 0 Å². The van der Waals surface area contributed by atoms with Gasteiger partial charge < -0.3 is 15.4 Å². The Hall–Kier alpha value is -1.84. The van der Waals surface area contributed by atoms with Crippen LogP contribution < -0.4 is 5.73 Å². The molecule has 0 aliphatic heterocycles. The summed E-state index contributed by atoms with van der Waals surface area (Å²) >= 11 is 0. The molecule has 0 heterocycles. The van der Waals surface area contributed by atoms with Crippen LogP contribution in [0.3, 0.4) is 0 Å². The van der Waals surface area contributed by atoms with E-state index in [4.69, 9.17) is 5.73 Å². The van der Waals surface area contributed by atoms with E-state index in [0.717, 1.165) is 6.29 Å². The van der Waals surface area contributed by atoms with Crippen LogP contribution in [-0.2, 0) is 10.2 Å². The second-order valence-corrected chi connectivity index (χ2v) is 4.84. The number of nitrogens with two attached hydrogens (primary N) is 1. The summed E-state index contributed by atoms with van der Waals surface area (Å²) in [5, 5.41) is 0. The van der Waals surface area contributed by atoms with E-state index in [2.05, 4.69) is 0 Å². The molecule has 1 amide bonds. The minimum atomic E-state index is -0.700. The molecule has 17 heavy (non-hydrogen) atoms. The number of carbonyl (C=O) groups excluding carboxylic acids is 2. The van der Waals surface area contributed by atoms with Gasteiger partial charge in [0, 0.05) is 30.8 Å². The van der Waals surface area contributed by atoms with Crippen LogP contribution in [0.4, 0.5) is 5.69 Å². The molecule has 1 aromatic rings. The Labute approximate surface area is 101 Å². The highest BCUT2D eigenvalue weighted by Crippen LogP contribution is 2.27. The highest BCUT2D eigenvalue weighted by Gasteiger charge is 2.26. The fraction of sp³-hybridized carbons (Fsp3) is 0.385. The van der Waals surface area contributed by atoms with Crippen molar-refractivity contribution in [3.8, 4) is 0 Å². The van der Waals surface area contributed by atoms with Crippen LogP contribution in [0, 0.1) is 0 Å². The van der Waals surface area contributed by atoms with Gasteiger partial charge in [0.15, 0.2) is 0 Å². The van der Waals surface area contributed by atoms with E-state index in [-0.39, 0.29) is 5.91 Å². The van der Waals surface area contributed by atoms with Gasteiger partial charge in [0.2, 0.25) is 0 Å². The summed E-state index contributed by atoms with van der Waals surface area (Å²) in [6.45, 7) is 3.55. The van der Waals surface area contributed by atoms with Crippen molar-refractivity contribution < 1.29 is 9.59 Å². The molecule has 0 atom stereocenters. The lowest BCUT2D eigenvalue weighted by molar-refractivity contribution is -0.111. The first-order valence-corrected chi connectivity index (χ1v) is 5.37. The minimum absolute atomic E-state index is 0.151. The summed E-state index contributed by atoms with van der Waals surface area (Å²) in [7, 11) is 3.34. The van der Waals surface area contributed by atoms with Gasteiger partial charge >= 0.3 is 0 Å². The quantitative estimate of drug-likeness (QED) is 0.636. The average molecular weight is 234 g/mol. The van der Waals surface area contributed by atoms with Gasteiger partial charge in [-0.25, -0.2) is 0 Å². The predicted octanol–water partition coefficient (Wildman–Crippen LogP) is 1.45. The van der Waals surface area contributed by atoms with Crippen molar-refractivity contribution in [1.82, 2.24) is 4.90 Å². The smallest absolute Gasteiger partial charge is 0.253 e. The zero-order valence-electron chi connectivity index (χ0n) is 10.7. The third-order valence-electron chi connectivity index (χ3n) is 2.67. The first-order valence-electron chi connectivity index (χ1n) is 5.37. The minimum Gasteiger partial charge on any atom is -0.399 e. The predicted molar refractivity (Wildman–Crippen MR) is 68.0 cm³/mol. The molecule has 0 fully saturated rings. The van der Waals surface area contributed by atoms with Crippen LogP contribution in [0.1, 0.15) is 29.8 Å². The van der Waals surface area contributed by atoms with Gasteiger partial charge in [-0.3, -0.25) is 4.79 Å². The molecule has 1 rings (SSSR count). The van der Waals surface area contributed by atoms with Crippen LogP contribution in [-0.4, -0.2) is 31.2 Å². The molecule has 0 aromatic heterocycles. The molecule has 1 aromatic carbocycles. The molecule has 4 heteroatoms. The van der Waals surface area contributed by atoms with Crippen LogP contribution in [0.5, 0.6) is 0 Å². The maximum absolute atomic E-state index is 12.0. The molecule has 0 unspecified atom stereocenters. The van der Waals surface area contributed by atoms with Gasteiger partial charge in [-0.1, -0.05) is 6.07 Å². The normalized spacial score (nSPS) is 11.1. The first kappa shape index (κ1) is 13.2. The molecule has 0 saturated carbocycles. The molecular weight excluding hydrogens is 216 g/mol. The standard InChI is InChI=1S/C13H18N2O2/c1-13(2,8-16)11-6-5-9(14)7-10(11)12(17)15(3)4/h5-8H,14H2,1-4H3. The van der Waals surface area contributed by atoms with Crippen molar-refractivity contribution in [2.75, 3.05) is 19.8 Å². The topological polar surface area (TPSA) is 63.4 Å². The number of carbonyl (C=O) groups is 2. The van der Waals surface area contributed by atoms with Crippen molar-refractivity contribution in [2.45, 2.75) is 19.3 Å². The lowest BCUT2D eigenvalue weighted by Gasteiger charge is -2.23. The molecule has 0 radical (unpaired) electrons. The summed E-state index contributed by atoms with van der Waals surface area (Å²) in [6.07, 6.45) is 0.838. The largest absolute Gasteiger partial charge is 0.399 e. The molecule has 0 bridgehead atoms. The number of rotatable bonds is 3. The Morgan fingerprint density at radius 3 is 2.41 bits per heavy atom. The lowest BCUT2D eigenvalue weighted by atomic mass is 9.82. The van der Waals surface area contributed by atoms with Gasteiger partial charge in [0.05, 0.1) is 0 Å². The van der Waals surface area contributed by atoms with E-state index in [1.807, 2.05) is 0 Å². The molecular formula is C13H18N2O2. The lowest BCUT2D eigenvalue weighted by Crippen LogP contribution is -2.28. The fourth-order valence-electron chi connectivity index (χ4n) is 1.61. The van der Waals surface area contributed by atoms with Crippen molar-refractivity contribution >= 4 is 17.9 Å². The Balaban J connectivity index is 3.41. The summed E-state index contributed by atoms with van der Waals surface area (Å²) in [4.78, 5) is 24.6. The van der Waals surface area contributed by atoms with Crippen molar-refractivity contribution in [1.29, 1.82) is 0 Å². The Morgan fingerprint density at radius 1 is 1.35 bits per heavy atom. The number of nitrogens with zero attached hydrogens (tertiary/aromatic N) is 1.